The van der Waals surface area contributed by atoms with Crippen molar-refractivity contribution < 1.29 is 19.4 Å². The first-order valence-corrected chi connectivity index (χ1v) is 9.56. The molecular formula is C23H17ClN2O4. The lowest BCUT2D eigenvalue weighted by Gasteiger charge is -2.05. The zero-order chi connectivity index (χ0) is 21.3. The maximum Gasteiger partial charge on any atom is 0.336 e. The number of aromatic nitrogens is 2. The Labute approximate surface area is 177 Å². The minimum Gasteiger partial charge on any atom is -0.478 e. The molecule has 2 N–H and O–H groups in total. The average molecular weight is 421 g/mol. The topological polar surface area (TPSA) is 92.3 Å². The van der Waals surface area contributed by atoms with Gasteiger partial charge in [-0.25, -0.2) is 4.79 Å². The quantitative estimate of drug-likeness (QED) is 0.405. The van der Waals surface area contributed by atoms with Crippen LogP contribution in [0.25, 0.3) is 11.0 Å². The number of ether oxygens (including phenoxy) is 1. The van der Waals surface area contributed by atoms with Crippen molar-refractivity contribution in [2.75, 3.05) is 0 Å². The van der Waals surface area contributed by atoms with Gasteiger partial charge in [-0.15, -0.1) is 0 Å². The molecule has 0 fully saturated rings. The van der Waals surface area contributed by atoms with Crippen molar-refractivity contribution in [2.45, 2.75) is 13.3 Å². The Morgan fingerprint density at radius 3 is 2.60 bits per heavy atom. The molecule has 0 spiro atoms. The van der Waals surface area contributed by atoms with E-state index < -0.39 is 5.97 Å². The normalized spacial score (nSPS) is 10.9. The number of carbonyl (C=O) groups is 2. The molecule has 0 aliphatic heterocycles. The van der Waals surface area contributed by atoms with Crippen LogP contribution in [0.2, 0.25) is 5.02 Å². The number of hydrogen-bond donors (Lipinski definition) is 2. The number of carboxylic acid groups (broad SMARTS) is 1. The summed E-state index contributed by atoms with van der Waals surface area (Å²) in [6, 6.07) is 17.5. The van der Waals surface area contributed by atoms with E-state index in [1.165, 1.54) is 6.07 Å². The van der Waals surface area contributed by atoms with Crippen molar-refractivity contribution >= 4 is 34.4 Å². The summed E-state index contributed by atoms with van der Waals surface area (Å²) in [5.74, 6) is -0.710. The predicted molar refractivity (Wildman–Crippen MR) is 114 cm³/mol. The molecule has 0 unspecified atom stereocenters. The molecule has 0 bridgehead atoms. The molecule has 0 saturated carbocycles. The first-order chi connectivity index (χ1) is 14.4. The van der Waals surface area contributed by atoms with E-state index in [1.54, 1.807) is 43.3 Å². The van der Waals surface area contributed by atoms with Crippen LogP contribution in [0.4, 0.5) is 0 Å². The van der Waals surface area contributed by atoms with Crippen LogP contribution in [0.5, 0.6) is 11.8 Å². The second-order valence-electron chi connectivity index (χ2n) is 6.85. The average Bonchev–Trinajstić information content (AvgIpc) is 3.11. The summed E-state index contributed by atoms with van der Waals surface area (Å²) in [6.45, 7) is 1.72. The van der Waals surface area contributed by atoms with Crippen molar-refractivity contribution in [2.24, 2.45) is 0 Å². The number of carbonyl (C=O) groups excluding carboxylic acids is 1. The summed E-state index contributed by atoms with van der Waals surface area (Å²) in [6.07, 6.45) is 0.161. The monoisotopic (exact) mass is 420 g/mol. The highest BCUT2D eigenvalue weighted by atomic mass is 35.5. The molecule has 3 aromatic carbocycles. The highest BCUT2D eigenvalue weighted by Gasteiger charge is 2.14. The van der Waals surface area contributed by atoms with Crippen LogP contribution in [0, 0.1) is 6.92 Å². The van der Waals surface area contributed by atoms with Crippen molar-refractivity contribution in [1.29, 1.82) is 0 Å². The minimum atomic E-state index is -1.03. The summed E-state index contributed by atoms with van der Waals surface area (Å²) >= 11 is 6.37. The van der Waals surface area contributed by atoms with Crippen molar-refractivity contribution in [1.82, 2.24) is 9.97 Å². The molecule has 0 saturated heterocycles. The number of Topliss-reactive ketones (excluding diaryl/α,β-unsaturated/α-hetero) is 1. The van der Waals surface area contributed by atoms with Gasteiger partial charge in [0.05, 0.1) is 16.6 Å². The van der Waals surface area contributed by atoms with Gasteiger partial charge in [0.15, 0.2) is 5.78 Å². The lowest BCUT2D eigenvalue weighted by molar-refractivity contribution is 0.0695. The molecular weight excluding hydrogens is 404 g/mol. The van der Waals surface area contributed by atoms with Crippen LogP contribution >= 0.6 is 11.6 Å². The molecule has 150 valence electrons. The number of halogens is 1. The lowest BCUT2D eigenvalue weighted by Crippen LogP contribution is -2.03. The molecule has 7 heteroatoms. The number of benzene rings is 3. The third-order valence-corrected chi connectivity index (χ3v) is 5.08. The number of hydrogen-bond acceptors (Lipinski definition) is 4. The van der Waals surface area contributed by atoms with E-state index in [9.17, 15) is 14.7 Å². The van der Waals surface area contributed by atoms with Crippen LogP contribution in [-0.4, -0.2) is 26.8 Å². The molecule has 0 aliphatic carbocycles. The summed E-state index contributed by atoms with van der Waals surface area (Å²) in [7, 11) is 0. The number of nitrogens with zero attached hydrogens (tertiary/aromatic N) is 1. The Bertz CT molecular complexity index is 1270. The molecule has 0 atom stereocenters. The summed E-state index contributed by atoms with van der Waals surface area (Å²) in [5.41, 5.74) is 3.34. The largest absolute Gasteiger partial charge is 0.478 e. The number of rotatable bonds is 6. The van der Waals surface area contributed by atoms with Gasteiger partial charge in [-0.05, 0) is 42.3 Å². The SMILES string of the molecule is Cc1ccc(Oc2nc3cc(Cl)c(CC(=O)c4ccccc4)cc3[nH]2)cc1C(=O)O. The minimum absolute atomic E-state index is 0.0336. The molecule has 4 aromatic rings. The summed E-state index contributed by atoms with van der Waals surface area (Å²) in [5, 5.41) is 9.70. The number of nitrogens with one attached hydrogen (secondary N) is 1. The highest BCUT2D eigenvalue weighted by molar-refractivity contribution is 6.32. The van der Waals surface area contributed by atoms with Gasteiger partial charge >= 0.3 is 5.97 Å². The summed E-state index contributed by atoms with van der Waals surface area (Å²) < 4.78 is 5.70. The number of ketones is 1. The second-order valence-corrected chi connectivity index (χ2v) is 7.26. The molecule has 0 radical (unpaired) electrons. The standard InChI is InChI=1S/C23H17ClN2O4/c1-13-7-8-16(11-17(13)22(28)29)30-23-25-19-9-15(18(24)12-20(19)26-23)10-21(27)14-5-3-2-4-6-14/h2-9,11-12H,10H2,1H3,(H,25,26)(H,28,29). The Kier molecular flexibility index (Phi) is 5.25. The number of fused-ring (bicyclic) bond motifs is 1. The maximum absolute atomic E-state index is 12.5. The van der Waals surface area contributed by atoms with Gasteiger partial charge in [0.2, 0.25) is 0 Å². The Balaban J connectivity index is 1.60. The van der Waals surface area contributed by atoms with Crippen molar-refractivity contribution in [3.8, 4) is 11.8 Å². The van der Waals surface area contributed by atoms with Crippen LogP contribution < -0.4 is 4.74 Å². The van der Waals surface area contributed by atoms with Gasteiger partial charge in [0.1, 0.15) is 5.75 Å². The van der Waals surface area contributed by atoms with Crippen LogP contribution in [0.15, 0.2) is 60.7 Å². The molecule has 6 nitrogen and oxygen atoms in total. The van der Waals surface area contributed by atoms with Crippen LogP contribution in [-0.2, 0) is 6.42 Å². The van der Waals surface area contributed by atoms with Gasteiger partial charge in [0, 0.05) is 17.0 Å². The molecule has 0 aliphatic rings. The van der Waals surface area contributed by atoms with Gasteiger partial charge in [-0.1, -0.05) is 48.0 Å². The van der Waals surface area contributed by atoms with E-state index in [4.69, 9.17) is 16.3 Å². The first kappa shape index (κ1) is 19.7. The van der Waals surface area contributed by atoms with E-state index in [0.717, 1.165) is 0 Å². The number of H-pyrrole nitrogens is 1. The number of imidazole rings is 1. The van der Waals surface area contributed by atoms with E-state index in [-0.39, 0.29) is 23.8 Å². The molecule has 1 heterocycles. The smallest absolute Gasteiger partial charge is 0.336 e. The van der Waals surface area contributed by atoms with Crippen molar-refractivity contribution in [3.63, 3.8) is 0 Å². The first-order valence-electron chi connectivity index (χ1n) is 9.19. The molecule has 1 aromatic heterocycles. The van der Waals surface area contributed by atoms with Gasteiger partial charge in [-0.2, -0.15) is 4.98 Å². The third kappa shape index (κ3) is 4.04. The maximum atomic E-state index is 12.5. The molecule has 0 amide bonds. The Hall–Kier alpha value is -3.64. The highest BCUT2D eigenvalue weighted by Crippen LogP contribution is 2.28. The van der Waals surface area contributed by atoms with Crippen LogP contribution in [0.1, 0.15) is 31.8 Å². The van der Waals surface area contributed by atoms with Crippen molar-refractivity contribution in [3.05, 3.63) is 87.9 Å². The third-order valence-electron chi connectivity index (χ3n) is 4.73. The fourth-order valence-corrected chi connectivity index (χ4v) is 3.37. The fraction of sp³-hybridized carbons (Fsp3) is 0.0870. The fourth-order valence-electron chi connectivity index (χ4n) is 3.14. The number of carboxylic acids is 1. The zero-order valence-corrected chi connectivity index (χ0v) is 16.7. The number of aromatic carboxylic acids is 1. The zero-order valence-electron chi connectivity index (χ0n) is 16.0. The van der Waals surface area contributed by atoms with E-state index >= 15 is 0 Å². The molecule has 30 heavy (non-hydrogen) atoms. The number of aryl methyl sites for hydroxylation is 1. The lowest BCUT2D eigenvalue weighted by atomic mass is 10.0. The van der Waals surface area contributed by atoms with E-state index in [2.05, 4.69) is 9.97 Å². The molecule has 4 rings (SSSR count). The Morgan fingerprint density at radius 2 is 1.87 bits per heavy atom. The summed E-state index contributed by atoms with van der Waals surface area (Å²) in [4.78, 5) is 31.2. The van der Waals surface area contributed by atoms with E-state index in [1.807, 2.05) is 18.2 Å². The second kappa shape index (κ2) is 8.00. The van der Waals surface area contributed by atoms with E-state index in [0.29, 0.717) is 38.5 Å². The predicted octanol–water partition coefficient (Wildman–Crippen LogP) is 5.44. The Morgan fingerprint density at radius 1 is 1.10 bits per heavy atom. The van der Waals surface area contributed by atoms with Gasteiger partial charge < -0.3 is 14.8 Å². The van der Waals surface area contributed by atoms with Gasteiger partial charge in [-0.3, -0.25) is 4.79 Å². The number of aromatic amines is 1. The van der Waals surface area contributed by atoms with Crippen LogP contribution in [0.3, 0.4) is 0 Å². The van der Waals surface area contributed by atoms with Gasteiger partial charge in [0.25, 0.3) is 6.01 Å².